The molecule has 1 unspecified atom stereocenters. The van der Waals surface area contributed by atoms with E-state index in [1.165, 1.54) is 24.3 Å². The van der Waals surface area contributed by atoms with Gasteiger partial charge in [-0.25, -0.2) is 0 Å². The topological polar surface area (TPSA) is 114 Å². The summed E-state index contributed by atoms with van der Waals surface area (Å²) in [6.45, 7) is 1.75. The third kappa shape index (κ3) is 5.07. The lowest BCUT2D eigenvalue weighted by Crippen LogP contribution is -2.36. The molecule has 2 aromatic carbocycles. The fourth-order valence-corrected chi connectivity index (χ4v) is 4.21. The molecule has 0 saturated carbocycles. The number of amides is 1. The molecule has 0 radical (unpaired) electrons. The molecule has 4 rings (SSSR count). The Morgan fingerprint density at radius 2 is 1.91 bits per heavy atom. The number of carbonyl (C=O) groups excluding carboxylic acids is 2. The molecular weight excluding hydrogens is 463 g/mol. The van der Waals surface area contributed by atoms with Gasteiger partial charge in [-0.3, -0.25) is 14.4 Å². The van der Waals surface area contributed by atoms with E-state index in [-0.39, 0.29) is 29.2 Å². The number of alkyl halides is 3. The minimum absolute atomic E-state index is 0.00902. The predicted octanol–water partition coefficient (Wildman–Crippen LogP) is 3.47. The Kier molecular flexibility index (Phi) is 6.66. The highest BCUT2D eigenvalue weighted by Gasteiger charge is 2.35. The molecule has 1 saturated heterocycles. The van der Waals surface area contributed by atoms with Crippen LogP contribution < -0.4 is 16.6 Å². The van der Waals surface area contributed by atoms with Crippen molar-refractivity contribution >= 4 is 22.6 Å². The minimum Gasteiger partial charge on any atom is -0.462 e. The number of ether oxygens (including phenoxy) is 1. The van der Waals surface area contributed by atoms with Gasteiger partial charge < -0.3 is 20.8 Å². The number of hydrogen-bond acceptors (Lipinski definition) is 5. The predicted molar refractivity (Wildman–Crippen MR) is 124 cm³/mol. The van der Waals surface area contributed by atoms with Crippen molar-refractivity contribution in [3.8, 4) is 11.3 Å². The SMILES string of the molecule is CC[C@H](N)C(=O)OCC1C[C@H](c2ccc3cc(-c4ccccc4C(F)(F)F)[nH]c(=O)c3c2)C(=O)N1. The van der Waals surface area contributed by atoms with E-state index in [2.05, 4.69) is 10.3 Å². The average molecular weight is 487 g/mol. The lowest BCUT2D eigenvalue weighted by Gasteiger charge is -2.14. The maximum atomic E-state index is 13.4. The highest BCUT2D eigenvalue weighted by Crippen LogP contribution is 2.37. The maximum absolute atomic E-state index is 13.4. The summed E-state index contributed by atoms with van der Waals surface area (Å²) in [5.74, 6) is -1.37. The van der Waals surface area contributed by atoms with Crippen LogP contribution in [0.15, 0.2) is 53.3 Å². The van der Waals surface area contributed by atoms with E-state index in [1.807, 2.05) is 0 Å². The molecule has 184 valence electrons. The summed E-state index contributed by atoms with van der Waals surface area (Å²) in [5.41, 5.74) is 4.74. The maximum Gasteiger partial charge on any atom is 0.417 e. The van der Waals surface area contributed by atoms with Gasteiger partial charge in [-0.2, -0.15) is 13.2 Å². The van der Waals surface area contributed by atoms with E-state index < -0.39 is 41.3 Å². The van der Waals surface area contributed by atoms with Gasteiger partial charge in [-0.05, 0) is 42.0 Å². The van der Waals surface area contributed by atoms with E-state index in [9.17, 15) is 27.6 Å². The second kappa shape index (κ2) is 9.53. The molecule has 0 aliphatic carbocycles. The van der Waals surface area contributed by atoms with Gasteiger partial charge in [0.05, 0.1) is 17.5 Å². The van der Waals surface area contributed by atoms with E-state index in [0.717, 1.165) is 6.07 Å². The fraction of sp³-hybridized carbons (Fsp3) is 0.320. The Balaban J connectivity index is 1.59. The normalized spacial score (nSPS) is 18.9. The van der Waals surface area contributed by atoms with Gasteiger partial charge >= 0.3 is 12.1 Å². The zero-order chi connectivity index (χ0) is 25.3. The number of rotatable bonds is 6. The first-order valence-electron chi connectivity index (χ1n) is 11.1. The fourth-order valence-electron chi connectivity index (χ4n) is 4.21. The van der Waals surface area contributed by atoms with Crippen molar-refractivity contribution in [2.45, 2.75) is 43.9 Å². The van der Waals surface area contributed by atoms with E-state index in [0.29, 0.717) is 23.8 Å². The van der Waals surface area contributed by atoms with Crippen LogP contribution in [-0.2, 0) is 20.5 Å². The summed E-state index contributed by atoms with van der Waals surface area (Å²) in [5, 5.41) is 3.48. The number of pyridine rings is 1. The van der Waals surface area contributed by atoms with Gasteiger partial charge in [0.2, 0.25) is 5.91 Å². The Morgan fingerprint density at radius 1 is 1.17 bits per heavy atom. The highest BCUT2D eigenvalue weighted by molar-refractivity contribution is 5.90. The number of hydrogen-bond donors (Lipinski definition) is 3. The number of H-pyrrole nitrogens is 1. The van der Waals surface area contributed by atoms with Crippen LogP contribution in [0, 0.1) is 0 Å². The van der Waals surface area contributed by atoms with Crippen molar-refractivity contribution in [3.63, 3.8) is 0 Å². The largest absolute Gasteiger partial charge is 0.462 e. The van der Waals surface area contributed by atoms with Crippen LogP contribution >= 0.6 is 0 Å². The molecular formula is C25H24F3N3O4. The average Bonchev–Trinajstić information content (AvgIpc) is 3.21. The number of aromatic nitrogens is 1. The molecule has 0 spiro atoms. The number of nitrogens with one attached hydrogen (secondary N) is 2. The monoisotopic (exact) mass is 487 g/mol. The first-order chi connectivity index (χ1) is 16.6. The van der Waals surface area contributed by atoms with Crippen LogP contribution in [0.1, 0.15) is 36.8 Å². The van der Waals surface area contributed by atoms with Crippen molar-refractivity contribution < 1.29 is 27.5 Å². The van der Waals surface area contributed by atoms with Crippen molar-refractivity contribution in [1.29, 1.82) is 0 Å². The summed E-state index contributed by atoms with van der Waals surface area (Å²) in [6.07, 6.45) is -3.78. The zero-order valence-corrected chi connectivity index (χ0v) is 18.8. The summed E-state index contributed by atoms with van der Waals surface area (Å²) in [4.78, 5) is 39.7. The number of aromatic amines is 1. The summed E-state index contributed by atoms with van der Waals surface area (Å²) < 4.78 is 45.5. The van der Waals surface area contributed by atoms with Crippen molar-refractivity contribution in [2.75, 3.05) is 6.61 Å². The Morgan fingerprint density at radius 3 is 2.63 bits per heavy atom. The molecule has 1 aromatic heterocycles. The lowest BCUT2D eigenvalue weighted by molar-refractivity contribution is -0.146. The van der Waals surface area contributed by atoms with Crippen LogP contribution in [0.3, 0.4) is 0 Å². The molecule has 3 atom stereocenters. The number of benzene rings is 2. The molecule has 1 aliphatic rings. The first kappa shape index (κ1) is 24.5. The van der Waals surface area contributed by atoms with E-state index in [4.69, 9.17) is 10.5 Å². The first-order valence-corrected chi connectivity index (χ1v) is 11.1. The van der Waals surface area contributed by atoms with Crippen LogP contribution in [-0.4, -0.2) is 35.6 Å². The molecule has 35 heavy (non-hydrogen) atoms. The Hall–Kier alpha value is -3.66. The van der Waals surface area contributed by atoms with Gasteiger partial charge in [-0.1, -0.05) is 37.3 Å². The summed E-state index contributed by atoms with van der Waals surface area (Å²) in [7, 11) is 0. The van der Waals surface area contributed by atoms with Crippen LogP contribution in [0.5, 0.6) is 0 Å². The molecule has 10 heteroatoms. The molecule has 7 nitrogen and oxygen atoms in total. The van der Waals surface area contributed by atoms with E-state index in [1.54, 1.807) is 25.1 Å². The van der Waals surface area contributed by atoms with Gasteiger partial charge in [0.1, 0.15) is 12.6 Å². The third-order valence-corrected chi connectivity index (χ3v) is 6.15. The van der Waals surface area contributed by atoms with Gasteiger partial charge in [0.25, 0.3) is 5.56 Å². The second-order valence-corrected chi connectivity index (χ2v) is 8.54. The van der Waals surface area contributed by atoms with Gasteiger partial charge in [0, 0.05) is 16.6 Å². The number of halogens is 3. The summed E-state index contributed by atoms with van der Waals surface area (Å²) in [6, 6.07) is 10.3. The molecule has 3 aromatic rings. The summed E-state index contributed by atoms with van der Waals surface area (Å²) >= 11 is 0. The molecule has 2 heterocycles. The van der Waals surface area contributed by atoms with Crippen molar-refractivity contribution in [3.05, 3.63) is 70.0 Å². The number of fused-ring (bicyclic) bond motifs is 1. The Bertz CT molecular complexity index is 1340. The zero-order valence-electron chi connectivity index (χ0n) is 18.8. The highest BCUT2D eigenvalue weighted by atomic mass is 19.4. The molecule has 1 fully saturated rings. The Labute approximate surface area is 198 Å². The van der Waals surface area contributed by atoms with Crippen LogP contribution in [0.25, 0.3) is 22.0 Å². The molecule has 1 amide bonds. The molecule has 1 aliphatic heterocycles. The smallest absolute Gasteiger partial charge is 0.417 e. The number of esters is 1. The number of carbonyl (C=O) groups is 2. The van der Waals surface area contributed by atoms with Gasteiger partial charge in [0.15, 0.2) is 0 Å². The quantitative estimate of drug-likeness (QED) is 0.461. The van der Waals surface area contributed by atoms with E-state index >= 15 is 0 Å². The van der Waals surface area contributed by atoms with Gasteiger partial charge in [-0.15, -0.1) is 0 Å². The second-order valence-electron chi connectivity index (χ2n) is 8.54. The molecule has 4 N–H and O–H groups in total. The van der Waals surface area contributed by atoms with Crippen molar-refractivity contribution in [2.24, 2.45) is 5.73 Å². The van der Waals surface area contributed by atoms with Crippen LogP contribution in [0.2, 0.25) is 0 Å². The van der Waals surface area contributed by atoms with Crippen LogP contribution in [0.4, 0.5) is 13.2 Å². The lowest BCUT2D eigenvalue weighted by atomic mass is 9.93. The minimum atomic E-state index is -4.57. The standard InChI is InChI=1S/C25H24F3N3O4/c1-2-20(29)24(34)35-12-15-11-18(22(32)30-15)13-7-8-14-10-21(31-23(33)17(14)9-13)16-5-3-4-6-19(16)25(26,27)28/h3-10,15,18,20H,2,11-12,29H2,1H3,(H,30,32)(H,31,33)/t15?,18-,20+/m1/s1. The third-order valence-electron chi connectivity index (χ3n) is 6.15. The van der Waals surface area contributed by atoms with Crippen molar-refractivity contribution in [1.82, 2.24) is 10.3 Å². The number of nitrogens with two attached hydrogens (primary N) is 1. The molecule has 0 bridgehead atoms.